The Hall–Kier alpha value is -2.34. The molecule has 0 saturated heterocycles. The number of nitrogens with zero attached hydrogens (tertiary/aromatic N) is 2. The van der Waals surface area contributed by atoms with Crippen LogP contribution in [0.15, 0.2) is 46.3 Å². The molecule has 5 nitrogen and oxygen atoms in total. The summed E-state index contributed by atoms with van der Waals surface area (Å²) in [5.41, 5.74) is 4.39. The molecule has 0 fully saturated rings. The summed E-state index contributed by atoms with van der Waals surface area (Å²) in [6, 6.07) is 10.5. The first-order valence-electron chi connectivity index (χ1n) is 8.59. The monoisotopic (exact) mass is 372 g/mol. The standard InChI is InChI=1S/C20H24N2O3S/c1-13-11-18(20-21-14(2)12-25-20)19(16(4)15(13)3)22(5)26(23,24)17-9-7-6-8-10-17/h6-11,14H,12H2,1-5H3/t14-/m0/s1. The van der Waals surface area contributed by atoms with Crippen LogP contribution in [0.1, 0.15) is 29.2 Å². The third kappa shape index (κ3) is 3.09. The smallest absolute Gasteiger partial charge is 0.264 e. The van der Waals surface area contributed by atoms with Gasteiger partial charge in [-0.15, -0.1) is 0 Å². The molecule has 0 spiro atoms. The number of benzene rings is 2. The minimum absolute atomic E-state index is 0.0656. The van der Waals surface area contributed by atoms with Crippen molar-refractivity contribution in [3.63, 3.8) is 0 Å². The van der Waals surface area contributed by atoms with Gasteiger partial charge in [0.25, 0.3) is 10.0 Å². The summed E-state index contributed by atoms with van der Waals surface area (Å²) in [6.45, 7) is 8.44. The van der Waals surface area contributed by atoms with Crippen molar-refractivity contribution in [2.24, 2.45) is 4.99 Å². The SMILES string of the molecule is Cc1cc(C2=N[C@@H](C)CO2)c(N(C)S(=O)(=O)c2ccccc2)c(C)c1C. The molecule has 0 aliphatic carbocycles. The summed E-state index contributed by atoms with van der Waals surface area (Å²) in [7, 11) is -2.10. The third-order valence-electron chi connectivity index (χ3n) is 4.87. The maximum absolute atomic E-state index is 13.2. The topological polar surface area (TPSA) is 59.0 Å². The molecular weight excluding hydrogens is 348 g/mol. The Balaban J connectivity index is 2.21. The highest BCUT2D eigenvalue weighted by atomic mass is 32.2. The number of aryl methyl sites for hydroxylation is 1. The lowest BCUT2D eigenvalue weighted by molar-refractivity contribution is 0.324. The van der Waals surface area contributed by atoms with Crippen molar-refractivity contribution in [1.82, 2.24) is 0 Å². The summed E-state index contributed by atoms with van der Waals surface area (Å²) in [5, 5.41) is 0. The van der Waals surface area contributed by atoms with Crippen molar-refractivity contribution >= 4 is 21.6 Å². The first-order chi connectivity index (χ1) is 12.2. The zero-order chi connectivity index (χ0) is 19.1. The van der Waals surface area contributed by atoms with Gasteiger partial charge in [0, 0.05) is 7.05 Å². The van der Waals surface area contributed by atoms with Gasteiger partial charge in [0.2, 0.25) is 5.90 Å². The van der Waals surface area contributed by atoms with E-state index >= 15 is 0 Å². The average Bonchev–Trinajstić information content (AvgIpc) is 3.06. The number of ether oxygens (including phenoxy) is 1. The van der Waals surface area contributed by atoms with Gasteiger partial charge >= 0.3 is 0 Å². The van der Waals surface area contributed by atoms with E-state index in [0.717, 1.165) is 22.3 Å². The van der Waals surface area contributed by atoms with Crippen LogP contribution in [-0.4, -0.2) is 34.0 Å². The summed E-state index contributed by atoms with van der Waals surface area (Å²) >= 11 is 0. The van der Waals surface area contributed by atoms with Crippen molar-refractivity contribution in [2.45, 2.75) is 38.6 Å². The Morgan fingerprint density at radius 2 is 1.77 bits per heavy atom. The fourth-order valence-corrected chi connectivity index (χ4v) is 4.42. The van der Waals surface area contributed by atoms with E-state index in [4.69, 9.17) is 4.74 Å². The molecule has 0 radical (unpaired) electrons. The first-order valence-corrected chi connectivity index (χ1v) is 10.0. The van der Waals surface area contributed by atoms with E-state index in [1.165, 1.54) is 4.31 Å². The second-order valence-electron chi connectivity index (χ2n) is 6.72. The summed E-state index contributed by atoms with van der Waals surface area (Å²) < 4.78 is 33.4. The van der Waals surface area contributed by atoms with Crippen LogP contribution in [0.2, 0.25) is 0 Å². The van der Waals surface area contributed by atoms with Gasteiger partial charge in [-0.25, -0.2) is 13.4 Å². The van der Waals surface area contributed by atoms with Crippen molar-refractivity contribution in [3.8, 4) is 0 Å². The average molecular weight is 372 g/mol. The maximum atomic E-state index is 13.2. The minimum atomic E-state index is -3.69. The summed E-state index contributed by atoms with van der Waals surface area (Å²) in [6.07, 6.45) is 0. The number of anilines is 1. The van der Waals surface area contributed by atoms with Gasteiger partial charge < -0.3 is 4.74 Å². The number of rotatable bonds is 4. The Kier molecular flexibility index (Phi) is 4.80. The molecule has 1 atom stereocenters. The molecule has 1 aliphatic rings. The largest absolute Gasteiger partial charge is 0.475 e. The number of hydrogen-bond donors (Lipinski definition) is 0. The fraction of sp³-hybridized carbons (Fsp3) is 0.350. The summed E-state index contributed by atoms with van der Waals surface area (Å²) in [4.78, 5) is 4.80. The van der Waals surface area contributed by atoms with Crippen molar-refractivity contribution in [3.05, 3.63) is 58.7 Å². The number of hydrogen-bond acceptors (Lipinski definition) is 4. The highest BCUT2D eigenvalue weighted by molar-refractivity contribution is 7.92. The molecule has 0 saturated carbocycles. The molecule has 1 heterocycles. The fourth-order valence-electron chi connectivity index (χ4n) is 3.13. The molecule has 0 N–H and O–H groups in total. The molecule has 0 aromatic heterocycles. The van der Waals surface area contributed by atoms with Gasteiger partial charge in [0.15, 0.2) is 0 Å². The van der Waals surface area contributed by atoms with Gasteiger partial charge in [-0.1, -0.05) is 18.2 Å². The van der Waals surface area contributed by atoms with Crippen LogP contribution in [0.5, 0.6) is 0 Å². The van der Waals surface area contributed by atoms with Gasteiger partial charge in [0.05, 0.1) is 22.2 Å². The van der Waals surface area contributed by atoms with Crippen LogP contribution in [0.25, 0.3) is 0 Å². The predicted octanol–water partition coefficient (Wildman–Crippen LogP) is 3.60. The van der Waals surface area contributed by atoms with Crippen LogP contribution in [0, 0.1) is 20.8 Å². The second kappa shape index (κ2) is 6.76. The molecule has 138 valence electrons. The van der Waals surface area contributed by atoms with E-state index in [1.54, 1.807) is 37.4 Å². The van der Waals surface area contributed by atoms with Gasteiger partial charge in [-0.2, -0.15) is 0 Å². The Morgan fingerprint density at radius 1 is 1.12 bits per heavy atom. The van der Waals surface area contributed by atoms with E-state index in [0.29, 0.717) is 18.2 Å². The van der Waals surface area contributed by atoms with Gasteiger partial charge in [0.1, 0.15) is 6.61 Å². The lowest BCUT2D eigenvalue weighted by Crippen LogP contribution is -2.29. The first kappa shape index (κ1) is 18.5. The van der Waals surface area contributed by atoms with Crippen LogP contribution < -0.4 is 4.31 Å². The molecule has 1 aliphatic heterocycles. The van der Waals surface area contributed by atoms with Crippen LogP contribution in [0.4, 0.5) is 5.69 Å². The van der Waals surface area contributed by atoms with E-state index in [-0.39, 0.29) is 10.9 Å². The molecule has 0 amide bonds. The minimum Gasteiger partial charge on any atom is -0.475 e. The lowest BCUT2D eigenvalue weighted by Gasteiger charge is -2.26. The molecule has 6 heteroatoms. The molecular formula is C20H24N2O3S. The van der Waals surface area contributed by atoms with Crippen LogP contribution in [0.3, 0.4) is 0 Å². The van der Waals surface area contributed by atoms with Crippen molar-refractivity contribution < 1.29 is 13.2 Å². The van der Waals surface area contributed by atoms with E-state index in [2.05, 4.69) is 4.99 Å². The Morgan fingerprint density at radius 3 is 2.35 bits per heavy atom. The maximum Gasteiger partial charge on any atom is 0.264 e. The van der Waals surface area contributed by atoms with E-state index in [1.807, 2.05) is 33.8 Å². The van der Waals surface area contributed by atoms with E-state index in [9.17, 15) is 8.42 Å². The Labute approximate surface area is 155 Å². The van der Waals surface area contributed by atoms with Crippen molar-refractivity contribution in [1.29, 1.82) is 0 Å². The molecule has 2 aromatic carbocycles. The number of aliphatic imine (C=N–C) groups is 1. The molecule has 3 rings (SSSR count). The highest BCUT2D eigenvalue weighted by Gasteiger charge is 2.29. The second-order valence-corrected chi connectivity index (χ2v) is 8.69. The molecule has 26 heavy (non-hydrogen) atoms. The normalized spacial score (nSPS) is 17.0. The molecule has 0 unspecified atom stereocenters. The molecule has 2 aromatic rings. The van der Waals surface area contributed by atoms with Gasteiger partial charge in [-0.05, 0) is 62.6 Å². The Bertz CT molecular complexity index is 966. The number of sulfonamides is 1. The quantitative estimate of drug-likeness (QED) is 0.824. The molecule has 0 bridgehead atoms. The third-order valence-corrected chi connectivity index (χ3v) is 6.64. The lowest BCUT2D eigenvalue weighted by atomic mass is 9.97. The zero-order valence-electron chi connectivity index (χ0n) is 15.8. The predicted molar refractivity (Wildman–Crippen MR) is 105 cm³/mol. The van der Waals surface area contributed by atoms with Crippen molar-refractivity contribution in [2.75, 3.05) is 18.0 Å². The van der Waals surface area contributed by atoms with Crippen LogP contribution >= 0.6 is 0 Å². The zero-order valence-corrected chi connectivity index (χ0v) is 16.6. The highest BCUT2D eigenvalue weighted by Crippen LogP contribution is 2.34. The van der Waals surface area contributed by atoms with E-state index < -0.39 is 10.0 Å². The summed E-state index contributed by atoms with van der Waals surface area (Å²) in [5.74, 6) is 0.508. The van der Waals surface area contributed by atoms with Crippen LogP contribution in [-0.2, 0) is 14.8 Å². The van der Waals surface area contributed by atoms with Gasteiger partial charge in [-0.3, -0.25) is 4.31 Å².